The molecule has 234 valence electrons. The maximum Gasteiger partial charge on any atom is 0.160 e. The van der Waals surface area contributed by atoms with Crippen LogP contribution in [0.1, 0.15) is 35.1 Å². The Morgan fingerprint density at radius 1 is 0.500 bits per heavy atom. The lowest BCUT2D eigenvalue weighted by Gasteiger charge is -2.33. The second-order valence-corrected chi connectivity index (χ2v) is 13.5. The van der Waals surface area contributed by atoms with E-state index in [1.807, 2.05) is 18.2 Å². The van der Waals surface area contributed by atoms with E-state index in [1.54, 1.807) is 0 Å². The molecule has 0 amide bonds. The Kier molecular flexibility index (Phi) is 5.71. The Balaban J connectivity index is 1.24. The Morgan fingerprint density at radius 2 is 1.12 bits per heavy atom. The molecule has 50 heavy (non-hydrogen) atoms. The van der Waals surface area contributed by atoms with Gasteiger partial charge in [0.15, 0.2) is 5.82 Å². The molecule has 6 aromatic carbocycles. The smallest absolute Gasteiger partial charge is 0.160 e. The van der Waals surface area contributed by atoms with Crippen molar-refractivity contribution in [1.82, 2.24) is 9.97 Å². The maximum atomic E-state index is 6.55. The molecule has 0 N–H and O–H groups in total. The fourth-order valence-corrected chi connectivity index (χ4v) is 9.00. The lowest BCUT2D eigenvalue weighted by atomic mass is 9.68. The molecule has 0 saturated heterocycles. The first-order valence-corrected chi connectivity index (χ1v) is 17.4. The summed E-state index contributed by atoms with van der Waals surface area (Å²) >= 11 is 0. The number of hydrogen-bond donors (Lipinski definition) is 0. The molecule has 1 unspecified atom stereocenters. The van der Waals surface area contributed by atoms with Gasteiger partial charge in [0.2, 0.25) is 0 Å². The van der Waals surface area contributed by atoms with Crippen molar-refractivity contribution in [2.24, 2.45) is 0 Å². The Labute approximate surface area is 289 Å². The minimum atomic E-state index is -0.442. The molecule has 0 fully saturated rings. The number of allylic oxidation sites excluding steroid dienone is 4. The number of para-hydroxylation sites is 2. The van der Waals surface area contributed by atoms with Gasteiger partial charge in [0.05, 0.1) is 16.8 Å². The van der Waals surface area contributed by atoms with Crippen LogP contribution < -0.4 is 0 Å². The molecule has 11 rings (SSSR count). The first kappa shape index (κ1) is 27.6. The summed E-state index contributed by atoms with van der Waals surface area (Å²) < 4.78 is 6.55. The van der Waals surface area contributed by atoms with E-state index in [9.17, 15) is 0 Å². The standard InChI is InChI=1S/C47H30N2O/c1-2-14-29(15-3-1)46-48-41(28-42(49-46)37-23-13-21-35-33-19-7-11-27-43(33)50-45(35)37)36-22-12-20-34-32-18-6-10-26-40(32)47(44(34)36)38-24-8-4-16-30(38)31-17-5-9-25-39(31)47/h1-4,6-8,10-28H,5,9H2. The van der Waals surface area contributed by atoms with Gasteiger partial charge < -0.3 is 4.42 Å². The van der Waals surface area contributed by atoms with Crippen LogP contribution in [0.3, 0.4) is 0 Å². The Morgan fingerprint density at radius 3 is 2.00 bits per heavy atom. The fraction of sp³-hybridized carbons (Fsp3) is 0.0638. The van der Waals surface area contributed by atoms with Crippen LogP contribution in [0.5, 0.6) is 0 Å². The highest BCUT2D eigenvalue weighted by atomic mass is 16.3. The quantitative estimate of drug-likeness (QED) is 0.193. The van der Waals surface area contributed by atoms with Gasteiger partial charge in [-0.2, -0.15) is 0 Å². The van der Waals surface area contributed by atoms with E-state index in [1.165, 1.54) is 44.5 Å². The van der Waals surface area contributed by atoms with Crippen molar-refractivity contribution in [3.63, 3.8) is 0 Å². The number of furan rings is 1. The van der Waals surface area contributed by atoms with E-state index in [0.717, 1.165) is 62.9 Å². The Bertz CT molecular complexity index is 2770. The van der Waals surface area contributed by atoms with Crippen molar-refractivity contribution in [3.05, 3.63) is 186 Å². The van der Waals surface area contributed by atoms with Gasteiger partial charge in [-0.15, -0.1) is 0 Å². The summed E-state index contributed by atoms with van der Waals surface area (Å²) in [5.41, 5.74) is 16.7. The van der Waals surface area contributed by atoms with Crippen LogP contribution in [-0.2, 0) is 5.41 Å². The van der Waals surface area contributed by atoms with Crippen molar-refractivity contribution in [2.45, 2.75) is 18.3 Å². The fourth-order valence-electron chi connectivity index (χ4n) is 9.00. The van der Waals surface area contributed by atoms with Crippen molar-refractivity contribution < 1.29 is 4.42 Å². The van der Waals surface area contributed by atoms with Gasteiger partial charge in [0.1, 0.15) is 11.2 Å². The number of nitrogens with zero attached hydrogens (tertiary/aromatic N) is 2. The number of hydrogen-bond acceptors (Lipinski definition) is 3. The minimum Gasteiger partial charge on any atom is -0.455 e. The molecule has 1 spiro atoms. The first-order valence-electron chi connectivity index (χ1n) is 17.4. The third-order valence-corrected chi connectivity index (χ3v) is 11.0. The average molecular weight is 639 g/mol. The molecule has 0 saturated carbocycles. The topological polar surface area (TPSA) is 38.9 Å². The summed E-state index contributed by atoms with van der Waals surface area (Å²) in [6.07, 6.45) is 7.05. The first-order chi connectivity index (χ1) is 24.8. The minimum absolute atomic E-state index is 0.442. The highest BCUT2D eigenvalue weighted by Crippen LogP contribution is 2.65. The zero-order chi connectivity index (χ0) is 32.8. The van der Waals surface area contributed by atoms with Crippen LogP contribution in [-0.4, -0.2) is 9.97 Å². The van der Waals surface area contributed by atoms with Gasteiger partial charge in [0.25, 0.3) is 0 Å². The molecule has 3 nitrogen and oxygen atoms in total. The lowest BCUT2D eigenvalue weighted by Crippen LogP contribution is -2.27. The van der Waals surface area contributed by atoms with Crippen LogP contribution in [0, 0.1) is 0 Å². The summed E-state index contributed by atoms with van der Waals surface area (Å²) in [5, 5.41) is 2.19. The molecule has 2 aromatic heterocycles. The molecule has 0 aliphatic heterocycles. The molecule has 0 radical (unpaired) electrons. The average Bonchev–Trinajstić information content (AvgIpc) is 3.82. The van der Waals surface area contributed by atoms with E-state index in [2.05, 4.69) is 140 Å². The summed E-state index contributed by atoms with van der Waals surface area (Å²) in [4.78, 5) is 10.7. The molecule has 2 heterocycles. The summed E-state index contributed by atoms with van der Waals surface area (Å²) in [5.74, 6) is 0.692. The summed E-state index contributed by atoms with van der Waals surface area (Å²) in [6, 6.07) is 51.9. The zero-order valence-corrected chi connectivity index (χ0v) is 27.2. The van der Waals surface area contributed by atoms with E-state index in [4.69, 9.17) is 14.4 Å². The van der Waals surface area contributed by atoms with Gasteiger partial charge in [-0.25, -0.2) is 9.97 Å². The van der Waals surface area contributed by atoms with Crippen LogP contribution in [0.2, 0.25) is 0 Å². The Hall–Kier alpha value is -6.32. The van der Waals surface area contributed by atoms with E-state index in [0.29, 0.717) is 5.82 Å². The molecular formula is C47H30N2O. The highest BCUT2D eigenvalue weighted by molar-refractivity contribution is 6.09. The van der Waals surface area contributed by atoms with Crippen LogP contribution in [0.4, 0.5) is 0 Å². The largest absolute Gasteiger partial charge is 0.455 e. The zero-order valence-electron chi connectivity index (χ0n) is 27.2. The molecule has 3 aliphatic carbocycles. The summed E-state index contributed by atoms with van der Waals surface area (Å²) in [6.45, 7) is 0. The van der Waals surface area contributed by atoms with Gasteiger partial charge in [0, 0.05) is 27.5 Å². The normalized spacial score (nSPS) is 17.0. The van der Waals surface area contributed by atoms with E-state index < -0.39 is 5.41 Å². The molecule has 3 heteroatoms. The SMILES string of the molecule is C1=C2C(=CCC1)C1(c3ccccc32)c2ccccc2-c2cccc(-c3cc(-c4cccc5c4oc4ccccc45)nc(-c4ccccc4)n3)c21. The lowest BCUT2D eigenvalue weighted by molar-refractivity contribution is 0.670. The van der Waals surface area contributed by atoms with Gasteiger partial charge in [-0.05, 0) is 75.6 Å². The maximum absolute atomic E-state index is 6.55. The van der Waals surface area contributed by atoms with Gasteiger partial charge in [-0.3, -0.25) is 0 Å². The van der Waals surface area contributed by atoms with E-state index in [-0.39, 0.29) is 0 Å². The molecular weight excluding hydrogens is 609 g/mol. The van der Waals surface area contributed by atoms with Crippen molar-refractivity contribution in [2.75, 3.05) is 0 Å². The second kappa shape index (κ2) is 10.3. The van der Waals surface area contributed by atoms with Crippen LogP contribution in [0.25, 0.3) is 72.5 Å². The van der Waals surface area contributed by atoms with Crippen molar-refractivity contribution >= 4 is 27.5 Å². The third kappa shape index (κ3) is 3.64. The number of aromatic nitrogens is 2. The van der Waals surface area contributed by atoms with Crippen LogP contribution >= 0.6 is 0 Å². The molecule has 8 aromatic rings. The summed E-state index contributed by atoms with van der Waals surface area (Å²) in [7, 11) is 0. The highest BCUT2D eigenvalue weighted by Gasteiger charge is 2.54. The van der Waals surface area contributed by atoms with Gasteiger partial charge >= 0.3 is 0 Å². The number of fused-ring (bicyclic) bond motifs is 13. The molecule has 3 aliphatic rings. The third-order valence-electron chi connectivity index (χ3n) is 11.0. The predicted octanol–water partition coefficient (Wildman–Crippen LogP) is 11.8. The number of rotatable bonds is 3. The monoisotopic (exact) mass is 638 g/mol. The predicted molar refractivity (Wildman–Crippen MR) is 203 cm³/mol. The second-order valence-electron chi connectivity index (χ2n) is 13.5. The van der Waals surface area contributed by atoms with E-state index >= 15 is 0 Å². The molecule has 1 atom stereocenters. The van der Waals surface area contributed by atoms with Crippen LogP contribution in [0.15, 0.2) is 168 Å². The van der Waals surface area contributed by atoms with Crippen molar-refractivity contribution in [3.8, 4) is 45.0 Å². The number of benzene rings is 6. The van der Waals surface area contributed by atoms with Crippen molar-refractivity contribution in [1.29, 1.82) is 0 Å². The molecule has 0 bridgehead atoms. The van der Waals surface area contributed by atoms with Gasteiger partial charge in [-0.1, -0.05) is 140 Å².